The van der Waals surface area contributed by atoms with E-state index in [4.69, 9.17) is 21.1 Å². The van der Waals surface area contributed by atoms with Gasteiger partial charge in [0.15, 0.2) is 13.2 Å². The van der Waals surface area contributed by atoms with Gasteiger partial charge in [0.25, 0.3) is 5.91 Å². The molecule has 2 rings (SSSR count). The van der Waals surface area contributed by atoms with Crippen molar-refractivity contribution in [3.05, 3.63) is 58.6 Å². The largest absolute Gasteiger partial charge is 0.482 e. The maximum atomic E-state index is 11.9. The topological polar surface area (TPSA) is 64.6 Å². The van der Waals surface area contributed by atoms with Crippen LogP contribution in [0.25, 0.3) is 0 Å². The SMILES string of the molecule is Cc1cc(OCC(=O)OCC(=O)Nc2ccc(C(C)(C)C)cc2)ccc1Cl. The molecule has 0 aliphatic carbocycles. The Morgan fingerprint density at radius 2 is 1.70 bits per heavy atom. The van der Waals surface area contributed by atoms with Gasteiger partial charge in [-0.1, -0.05) is 44.5 Å². The average molecular weight is 390 g/mol. The lowest BCUT2D eigenvalue weighted by atomic mass is 9.87. The predicted octanol–water partition coefficient (Wildman–Crippen LogP) is 4.51. The highest BCUT2D eigenvalue weighted by Crippen LogP contribution is 2.23. The van der Waals surface area contributed by atoms with E-state index in [1.807, 2.05) is 31.2 Å². The van der Waals surface area contributed by atoms with Crippen molar-refractivity contribution in [1.29, 1.82) is 0 Å². The number of esters is 1. The van der Waals surface area contributed by atoms with Gasteiger partial charge in [0.05, 0.1) is 0 Å². The molecule has 0 aliphatic rings. The van der Waals surface area contributed by atoms with E-state index in [1.54, 1.807) is 18.2 Å². The van der Waals surface area contributed by atoms with Crippen LogP contribution in [0.3, 0.4) is 0 Å². The van der Waals surface area contributed by atoms with E-state index in [-0.39, 0.29) is 18.6 Å². The van der Waals surface area contributed by atoms with Gasteiger partial charge in [0.2, 0.25) is 0 Å². The zero-order valence-electron chi connectivity index (χ0n) is 16.0. The van der Waals surface area contributed by atoms with Crippen LogP contribution in [0.15, 0.2) is 42.5 Å². The molecule has 0 fully saturated rings. The van der Waals surface area contributed by atoms with E-state index < -0.39 is 11.9 Å². The van der Waals surface area contributed by atoms with Crippen LogP contribution in [0.5, 0.6) is 5.75 Å². The molecular formula is C21H24ClNO4. The van der Waals surface area contributed by atoms with Crippen LogP contribution in [0.1, 0.15) is 31.9 Å². The second-order valence-electron chi connectivity index (χ2n) is 7.24. The standard InChI is InChI=1S/C21H24ClNO4/c1-14-11-17(9-10-18(14)22)26-13-20(25)27-12-19(24)23-16-7-5-15(6-8-16)21(2,3)4/h5-11H,12-13H2,1-4H3,(H,23,24). The summed E-state index contributed by atoms with van der Waals surface area (Å²) in [6.07, 6.45) is 0. The van der Waals surface area contributed by atoms with Crippen molar-refractivity contribution in [3.63, 3.8) is 0 Å². The van der Waals surface area contributed by atoms with Gasteiger partial charge < -0.3 is 14.8 Å². The normalized spacial score (nSPS) is 11.0. The first kappa shape index (κ1) is 20.8. The molecule has 0 spiro atoms. The van der Waals surface area contributed by atoms with E-state index in [9.17, 15) is 9.59 Å². The lowest BCUT2D eigenvalue weighted by Gasteiger charge is -2.19. The summed E-state index contributed by atoms with van der Waals surface area (Å²) in [6, 6.07) is 12.7. The first-order chi connectivity index (χ1) is 12.6. The number of hydrogen-bond acceptors (Lipinski definition) is 4. The Kier molecular flexibility index (Phi) is 6.86. The number of anilines is 1. The molecule has 1 amide bonds. The number of carbonyl (C=O) groups is 2. The summed E-state index contributed by atoms with van der Waals surface area (Å²) in [7, 11) is 0. The lowest BCUT2D eigenvalue weighted by Crippen LogP contribution is -2.23. The van der Waals surface area contributed by atoms with Crippen LogP contribution in [0.2, 0.25) is 5.02 Å². The van der Waals surface area contributed by atoms with Gasteiger partial charge in [-0.15, -0.1) is 0 Å². The van der Waals surface area contributed by atoms with Crippen LogP contribution < -0.4 is 10.1 Å². The Bertz CT molecular complexity index is 810. The molecule has 6 heteroatoms. The second-order valence-corrected chi connectivity index (χ2v) is 7.64. The number of amides is 1. The third kappa shape index (κ3) is 6.61. The number of rotatable bonds is 6. The Hall–Kier alpha value is -2.53. The van der Waals surface area contributed by atoms with Gasteiger partial charge >= 0.3 is 5.97 Å². The molecule has 2 aromatic carbocycles. The molecule has 2 aromatic rings. The summed E-state index contributed by atoms with van der Waals surface area (Å²) < 4.78 is 10.3. The Morgan fingerprint density at radius 3 is 2.30 bits per heavy atom. The third-order valence-corrected chi connectivity index (χ3v) is 4.31. The monoisotopic (exact) mass is 389 g/mol. The van der Waals surface area contributed by atoms with Crippen molar-refractivity contribution in [3.8, 4) is 5.75 Å². The van der Waals surface area contributed by atoms with Gasteiger partial charge in [0, 0.05) is 10.7 Å². The van der Waals surface area contributed by atoms with E-state index in [0.717, 1.165) is 5.56 Å². The fraction of sp³-hybridized carbons (Fsp3) is 0.333. The first-order valence-electron chi connectivity index (χ1n) is 8.60. The number of aryl methyl sites for hydroxylation is 1. The van der Waals surface area contributed by atoms with Crippen LogP contribution in [-0.4, -0.2) is 25.1 Å². The van der Waals surface area contributed by atoms with Crippen molar-refractivity contribution >= 4 is 29.2 Å². The van der Waals surface area contributed by atoms with Crippen LogP contribution in [0, 0.1) is 6.92 Å². The molecule has 0 radical (unpaired) electrons. The minimum absolute atomic E-state index is 0.0424. The highest BCUT2D eigenvalue weighted by molar-refractivity contribution is 6.31. The fourth-order valence-electron chi connectivity index (χ4n) is 2.29. The van der Waals surface area contributed by atoms with E-state index in [0.29, 0.717) is 16.5 Å². The summed E-state index contributed by atoms with van der Waals surface area (Å²) in [4.78, 5) is 23.6. The summed E-state index contributed by atoms with van der Waals surface area (Å²) >= 11 is 5.93. The maximum Gasteiger partial charge on any atom is 0.344 e. The molecule has 1 N–H and O–H groups in total. The smallest absolute Gasteiger partial charge is 0.344 e. The predicted molar refractivity (Wildman–Crippen MR) is 106 cm³/mol. The van der Waals surface area contributed by atoms with Gasteiger partial charge in [-0.25, -0.2) is 4.79 Å². The van der Waals surface area contributed by atoms with Crippen molar-refractivity contribution in [2.45, 2.75) is 33.1 Å². The Labute approximate surface area is 164 Å². The van der Waals surface area contributed by atoms with Crippen molar-refractivity contribution in [2.75, 3.05) is 18.5 Å². The Morgan fingerprint density at radius 1 is 1.04 bits per heavy atom. The zero-order chi connectivity index (χ0) is 20.0. The van der Waals surface area contributed by atoms with Crippen molar-refractivity contribution in [1.82, 2.24) is 0 Å². The summed E-state index contributed by atoms with van der Waals surface area (Å²) in [5.41, 5.74) is 2.71. The van der Waals surface area contributed by atoms with E-state index in [1.165, 1.54) is 5.56 Å². The quantitative estimate of drug-likeness (QED) is 0.738. The number of halogens is 1. The molecule has 0 atom stereocenters. The molecule has 0 aliphatic heterocycles. The summed E-state index contributed by atoms with van der Waals surface area (Å²) in [6.45, 7) is 7.54. The summed E-state index contributed by atoms with van der Waals surface area (Å²) in [5, 5.41) is 3.31. The van der Waals surface area contributed by atoms with E-state index in [2.05, 4.69) is 26.1 Å². The molecule has 0 bridgehead atoms. The minimum atomic E-state index is -0.624. The van der Waals surface area contributed by atoms with Crippen LogP contribution in [0.4, 0.5) is 5.69 Å². The minimum Gasteiger partial charge on any atom is -0.482 e. The highest BCUT2D eigenvalue weighted by atomic mass is 35.5. The maximum absolute atomic E-state index is 11.9. The van der Waals surface area contributed by atoms with Crippen LogP contribution >= 0.6 is 11.6 Å². The number of benzene rings is 2. The molecule has 0 heterocycles. The highest BCUT2D eigenvalue weighted by Gasteiger charge is 2.14. The summed E-state index contributed by atoms with van der Waals surface area (Å²) in [5.74, 6) is -0.521. The zero-order valence-corrected chi connectivity index (χ0v) is 16.7. The number of nitrogens with one attached hydrogen (secondary N) is 1. The van der Waals surface area contributed by atoms with Gasteiger partial charge in [-0.3, -0.25) is 4.79 Å². The van der Waals surface area contributed by atoms with Gasteiger partial charge in [0.1, 0.15) is 5.75 Å². The second kappa shape index (κ2) is 8.91. The van der Waals surface area contributed by atoms with Crippen molar-refractivity contribution in [2.24, 2.45) is 0 Å². The first-order valence-corrected chi connectivity index (χ1v) is 8.98. The fourth-order valence-corrected chi connectivity index (χ4v) is 2.41. The number of hydrogen-bond donors (Lipinski definition) is 1. The lowest BCUT2D eigenvalue weighted by molar-refractivity contribution is -0.149. The molecule has 0 unspecified atom stereocenters. The molecule has 5 nitrogen and oxygen atoms in total. The van der Waals surface area contributed by atoms with E-state index >= 15 is 0 Å². The van der Waals surface area contributed by atoms with Crippen LogP contribution in [-0.2, 0) is 19.7 Å². The van der Waals surface area contributed by atoms with Crippen molar-refractivity contribution < 1.29 is 19.1 Å². The molecular weight excluding hydrogens is 366 g/mol. The third-order valence-electron chi connectivity index (χ3n) is 3.89. The molecule has 144 valence electrons. The number of ether oxygens (including phenoxy) is 2. The molecule has 0 saturated heterocycles. The van der Waals surface area contributed by atoms with Gasteiger partial charge in [-0.05, 0) is 53.8 Å². The molecule has 0 saturated carbocycles. The number of carbonyl (C=O) groups excluding carboxylic acids is 2. The molecule has 0 aromatic heterocycles. The Balaban J connectivity index is 1.76. The average Bonchev–Trinajstić information content (AvgIpc) is 2.60. The molecule has 27 heavy (non-hydrogen) atoms. The van der Waals surface area contributed by atoms with Gasteiger partial charge in [-0.2, -0.15) is 0 Å².